The maximum absolute atomic E-state index is 5.60. The van der Waals surface area contributed by atoms with Crippen molar-refractivity contribution in [1.82, 2.24) is 4.90 Å². The van der Waals surface area contributed by atoms with Gasteiger partial charge in [-0.1, -0.05) is 6.92 Å². The number of hydrogen-bond acceptors (Lipinski definition) is 4. The molecule has 0 aromatic carbocycles. The first-order valence-electron chi connectivity index (χ1n) is 5.87. The lowest BCUT2D eigenvalue weighted by atomic mass is 10.2. The summed E-state index contributed by atoms with van der Waals surface area (Å²) in [7, 11) is 1.75. The van der Waals surface area contributed by atoms with Gasteiger partial charge in [-0.3, -0.25) is 0 Å². The zero-order chi connectivity index (χ0) is 11.1. The molecule has 3 nitrogen and oxygen atoms in total. The molecule has 4 heteroatoms. The van der Waals surface area contributed by atoms with Crippen molar-refractivity contribution >= 4 is 11.8 Å². The topological polar surface area (TPSA) is 38.5 Å². The molecule has 1 saturated heterocycles. The largest absolute Gasteiger partial charge is 0.380 e. The first-order chi connectivity index (χ1) is 7.30. The summed E-state index contributed by atoms with van der Waals surface area (Å²) in [5.41, 5.74) is 5.60. The Hall–Kier alpha value is 0.230. The minimum atomic E-state index is 0.236. The van der Waals surface area contributed by atoms with E-state index in [1.54, 1.807) is 7.11 Å². The lowest BCUT2D eigenvalue weighted by molar-refractivity contribution is 0.0898. The first-order valence-corrected chi connectivity index (χ1v) is 6.91. The Bertz CT molecular complexity index is 165. The zero-order valence-electron chi connectivity index (χ0n) is 9.95. The smallest absolute Gasteiger partial charge is 0.0705 e. The van der Waals surface area contributed by atoms with Crippen molar-refractivity contribution in [3.8, 4) is 0 Å². The number of methoxy groups -OCH3 is 1. The predicted octanol–water partition coefficient (Wildman–Crippen LogP) is 1.18. The van der Waals surface area contributed by atoms with Gasteiger partial charge in [0.05, 0.1) is 6.10 Å². The first kappa shape index (κ1) is 13.3. The molecule has 0 aliphatic carbocycles. The maximum Gasteiger partial charge on any atom is 0.0705 e. The fraction of sp³-hybridized carbons (Fsp3) is 1.00. The monoisotopic (exact) mass is 232 g/mol. The van der Waals surface area contributed by atoms with Crippen LogP contribution in [0.1, 0.15) is 19.8 Å². The highest BCUT2D eigenvalue weighted by atomic mass is 32.2. The molecule has 0 radical (unpaired) electrons. The molecule has 1 heterocycles. The summed E-state index contributed by atoms with van der Waals surface area (Å²) < 4.78 is 5.29. The Morgan fingerprint density at radius 2 is 2.40 bits per heavy atom. The van der Waals surface area contributed by atoms with Gasteiger partial charge in [-0.2, -0.15) is 11.8 Å². The number of rotatable bonds is 6. The predicted molar refractivity (Wildman–Crippen MR) is 67.4 cm³/mol. The zero-order valence-corrected chi connectivity index (χ0v) is 10.8. The molecule has 2 atom stereocenters. The summed E-state index contributed by atoms with van der Waals surface area (Å²) >= 11 is 2.12. The Morgan fingerprint density at radius 3 is 3.00 bits per heavy atom. The lowest BCUT2D eigenvalue weighted by Crippen LogP contribution is -2.40. The number of thioether (sulfide) groups is 1. The second kappa shape index (κ2) is 7.49. The van der Waals surface area contributed by atoms with Crippen LogP contribution in [0.3, 0.4) is 0 Å². The van der Waals surface area contributed by atoms with E-state index < -0.39 is 0 Å². The van der Waals surface area contributed by atoms with Crippen molar-refractivity contribution in [1.29, 1.82) is 0 Å². The second-order valence-electron chi connectivity index (χ2n) is 4.08. The van der Waals surface area contributed by atoms with Crippen molar-refractivity contribution < 1.29 is 4.74 Å². The van der Waals surface area contributed by atoms with Gasteiger partial charge in [-0.25, -0.2) is 0 Å². The van der Waals surface area contributed by atoms with Crippen LogP contribution in [0.5, 0.6) is 0 Å². The number of nitrogens with two attached hydrogens (primary N) is 1. The molecule has 0 aromatic heterocycles. The fourth-order valence-corrected chi connectivity index (χ4v) is 3.14. The fourth-order valence-electron chi connectivity index (χ4n) is 1.89. The molecule has 0 spiro atoms. The molecule has 0 amide bonds. The van der Waals surface area contributed by atoms with Gasteiger partial charge in [-0.05, 0) is 12.8 Å². The third-order valence-corrected chi connectivity index (χ3v) is 4.41. The molecule has 0 saturated carbocycles. The highest BCUT2D eigenvalue weighted by Gasteiger charge is 2.19. The van der Waals surface area contributed by atoms with Gasteiger partial charge in [0.15, 0.2) is 0 Å². The normalized spacial score (nSPS) is 25.4. The van der Waals surface area contributed by atoms with Gasteiger partial charge in [0.2, 0.25) is 0 Å². The van der Waals surface area contributed by atoms with Crippen molar-refractivity contribution in [3.05, 3.63) is 0 Å². The van der Waals surface area contributed by atoms with Crippen LogP contribution in [0.4, 0.5) is 0 Å². The number of nitrogens with zero attached hydrogens (tertiary/aromatic N) is 1. The summed E-state index contributed by atoms with van der Waals surface area (Å²) in [6.07, 6.45) is 2.58. The highest BCUT2D eigenvalue weighted by molar-refractivity contribution is 8.00. The number of ether oxygens (including phenoxy) is 1. The molecule has 1 rings (SSSR count). The third kappa shape index (κ3) is 4.72. The van der Waals surface area contributed by atoms with E-state index in [0.29, 0.717) is 6.54 Å². The van der Waals surface area contributed by atoms with Gasteiger partial charge in [0.25, 0.3) is 0 Å². The van der Waals surface area contributed by atoms with Crippen LogP contribution in [-0.4, -0.2) is 55.3 Å². The molecule has 1 aliphatic heterocycles. The summed E-state index contributed by atoms with van der Waals surface area (Å²) in [4.78, 5) is 2.55. The molecular formula is C11H24N2OS. The Labute approximate surface area is 97.7 Å². The van der Waals surface area contributed by atoms with Gasteiger partial charge in [-0.15, -0.1) is 0 Å². The summed E-state index contributed by atoms with van der Waals surface area (Å²) in [5, 5.41) is 0.831. The summed E-state index contributed by atoms with van der Waals surface area (Å²) in [6, 6.07) is 0. The van der Waals surface area contributed by atoms with Crippen LogP contribution in [0.15, 0.2) is 0 Å². The summed E-state index contributed by atoms with van der Waals surface area (Å²) in [5.74, 6) is 1.28. The SMILES string of the molecule is CCC1CN(CCC(CN)OC)CCS1. The van der Waals surface area contributed by atoms with Gasteiger partial charge < -0.3 is 15.4 Å². The molecule has 1 fully saturated rings. The van der Waals surface area contributed by atoms with E-state index in [4.69, 9.17) is 10.5 Å². The van der Waals surface area contributed by atoms with Crippen molar-refractivity contribution in [2.45, 2.75) is 31.1 Å². The van der Waals surface area contributed by atoms with Crippen LogP contribution in [0, 0.1) is 0 Å². The minimum absolute atomic E-state index is 0.236. The average Bonchev–Trinajstić information content (AvgIpc) is 2.31. The van der Waals surface area contributed by atoms with E-state index in [1.165, 1.54) is 25.3 Å². The van der Waals surface area contributed by atoms with Crippen LogP contribution in [-0.2, 0) is 4.74 Å². The molecule has 2 unspecified atom stereocenters. The second-order valence-corrected chi connectivity index (χ2v) is 5.49. The van der Waals surface area contributed by atoms with Crippen molar-refractivity contribution in [2.75, 3.05) is 39.0 Å². The molecule has 2 N–H and O–H groups in total. The lowest BCUT2D eigenvalue weighted by Gasteiger charge is -2.32. The van der Waals surface area contributed by atoms with Crippen molar-refractivity contribution in [3.63, 3.8) is 0 Å². The van der Waals surface area contributed by atoms with E-state index in [0.717, 1.165) is 18.2 Å². The Kier molecular flexibility index (Phi) is 6.64. The van der Waals surface area contributed by atoms with Crippen LogP contribution in [0.25, 0.3) is 0 Å². The van der Waals surface area contributed by atoms with E-state index in [2.05, 4.69) is 23.6 Å². The van der Waals surface area contributed by atoms with Crippen molar-refractivity contribution in [2.24, 2.45) is 5.73 Å². The number of hydrogen-bond donors (Lipinski definition) is 1. The van der Waals surface area contributed by atoms with Crippen LogP contribution < -0.4 is 5.73 Å². The average molecular weight is 232 g/mol. The molecule has 0 bridgehead atoms. The molecule has 0 aromatic rings. The molecule has 90 valence electrons. The van der Waals surface area contributed by atoms with Gasteiger partial charge in [0, 0.05) is 44.3 Å². The molecule has 1 aliphatic rings. The van der Waals surface area contributed by atoms with E-state index in [9.17, 15) is 0 Å². The van der Waals surface area contributed by atoms with E-state index in [1.807, 2.05) is 0 Å². The summed E-state index contributed by atoms with van der Waals surface area (Å²) in [6.45, 7) is 6.51. The molecule has 15 heavy (non-hydrogen) atoms. The van der Waals surface area contributed by atoms with Gasteiger partial charge in [0.1, 0.15) is 0 Å². The Balaban J connectivity index is 2.20. The highest BCUT2D eigenvalue weighted by Crippen LogP contribution is 2.21. The quantitative estimate of drug-likeness (QED) is 0.746. The van der Waals surface area contributed by atoms with Crippen LogP contribution >= 0.6 is 11.8 Å². The standard InChI is InChI=1S/C11H24N2OS/c1-3-11-9-13(6-7-15-11)5-4-10(8-12)14-2/h10-11H,3-9,12H2,1-2H3. The van der Waals surface area contributed by atoms with E-state index >= 15 is 0 Å². The maximum atomic E-state index is 5.60. The Morgan fingerprint density at radius 1 is 1.60 bits per heavy atom. The minimum Gasteiger partial charge on any atom is -0.380 e. The van der Waals surface area contributed by atoms with Gasteiger partial charge >= 0.3 is 0 Å². The molecular weight excluding hydrogens is 208 g/mol. The third-order valence-electron chi connectivity index (χ3n) is 3.04. The van der Waals surface area contributed by atoms with Crippen LogP contribution in [0.2, 0.25) is 0 Å². The van der Waals surface area contributed by atoms with E-state index in [-0.39, 0.29) is 6.10 Å².